The molecule has 3 rings (SSSR count). The fourth-order valence-electron chi connectivity index (χ4n) is 3.02. The first-order valence-electron chi connectivity index (χ1n) is 8.07. The summed E-state index contributed by atoms with van der Waals surface area (Å²) in [5.74, 6) is 0.400. The molecule has 0 bridgehead atoms. The van der Waals surface area contributed by atoms with E-state index in [2.05, 4.69) is 18.9 Å². The first-order valence-corrected chi connectivity index (χ1v) is 9.52. The maximum Gasteiger partial charge on any atom is 0.243 e. The van der Waals surface area contributed by atoms with Crippen LogP contribution in [0.15, 0.2) is 47.6 Å². The number of nitrogens with zero attached hydrogens (tertiary/aromatic N) is 3. The Hall–Kier alpha value is -1.66. The van der Waals surface area contributed by atoms with Crippen LogP contribution in [0.2, 0.25) is 0 Å². The topological polar surface area (TPSA) is 55.2 Å². The summed E-state index contributed by atoms with van der Waals surface area (Å²) < 4.78 is 29.1. The van der Waals surface area contributed by atoms with Gasteiger partial charge in [0.25, 0.3) is 0 Å². The largest absolute Gasteiger partial charge is 0.270 e. The Balaban J connectivity index is 1.71. The van der Waals surface area contributed by atoms with Crippen LogP contribution < -0.4 is 0 Å². The lowest BCUT2D eigenvalue weighted by atomic mass is 10.0. The van der Waals surface area contributed by atoms with Gasteiger partial charge in [0.15, 0.2) is 0 Å². The predicted octanol–water partition coefficient (Wildman–Crippen LogP) is 3.03. The fraction of sp³-hybridized carbons (Fsp3) is 0.471. The van der Waals surface area contributed by atoms with Crippen molar-refractivity contribution in [2.24, 2.45) is 0 Å². The van der Waals surface area contributed by atoms with Gasteiger partial charge in [0.1, 0.15) is 0 Å². The monoisotopic (exact) mass is 333 g/mol. The second-order valence-electron chi connectivity index (χ2n) is 6.35. The molecule has 0 saturated carbocycles. The summed E-state index contributed by atoms with van der Waals surface area (Å²) in [6, 6.07) is 9.47. The van der Waals surface area contributed by atoms with Crippen LogP contribution in [0.1, 0.15) is 44.2 Å². The van der Waals surface area contributed by atoms with Crippen LogP contribution in [-0.4, -0.2) is 35.6 Å². The van der Waals surface area contributed by atoms with Crippen LogP contribution >= 0.6 is 0 Å². The van der Waals surface area contributed by atoms with Crippen LogP contribution in [0, 0.1) is 0 Å². The van der Waals surface area contributed by atoms with Gasteiger partial charge in [-0.15, -0.1) is 0 Å². The average molecular weight is 333 g/mol. The Morgan fingerprint density at radius 1 is 1.13 bits per heavy atom. The summed E-state index contributed by atoms with van der Waals surface area (Å²) >= 11 is 0. The van der Waals surface area contributed by atoms with E-state index in [0.717, 1.165) is 18.4 Å². The molecule has 124 valence electrons. The zero-order chi connectivity index (χ0) is 16.4. The third-order valence-electron chi connectivity index (χ3n) is 4.51. The second-order valence-corrected chi connectivity index (χ2v) is 8.28. The van der Waals surface area contributed by atoms with E-state index < -0.39 is 10.0 Å². The van der Waals surface area contributed by atoms with Gasteiger partial charge in [-0.25, -0.2) is 8.42 Å². The molecule has 1 saturated heterocycles. The molecule has 1 aliphatic rings. The van der Waals surface area contributed by atoms with E-state index in [9.17, 15) is 8.42 Å². The highest BCUT2D eigenvalue weighted by atomic mass is 32.2. The molecule has 0 N–H and O–H groups in total. The van der Waals surface area contributed by atoms with Crippen LogP contribution in [0.25, 0.3) is 0 Å². The van der Waals surface area contributed by atoms with Gasteiger partial charge in [0, 0.05) is 25.5 Å². The standard InChI is InChI=1S/C17H23N3O2S/c1-14(2)15-4-6-17(7-5-15)23(21,22)19-12-8-16(9-13-19)20-11-3-10-18-20/h3-7,10-11,14,16H,8-9,12-13H2,1-2H3. The molecule has 0 atom stereocenters. The van der Waals surface area contributed by atoms with Crippen molar-refractivity contribution in [1.29, 1.82) is 0 Å². The van der Waals surface area contributed by atoms with E-state index in [0.29, 0.717) is 29.9 Å². The Kier molecular flexibility index (Phi) is 4.55. The number of hydrogen-bond donors (Lipinski definition) is 0. The molecule has 6 heteroatoms. The third kappa shape index (κ3) is 3.33. The number of aromatic nitrogens is 2. The summed E-state index contributed by atoms with van der Waals surface area (Å²) in [7, 11) is -3.39. The second kappa shape index (κ2) is 6.45. The van der Waals surface area contributed by atoms with E-state index in [1.165, 1.54) is 0 Å². The third-order valence-corrected chi connectivity index (χ3v) is 6.42. The highest BCUT2D eigenvalue weighted by Gasteiger charge is 2.30. The molecule has 2 heterocycles. The van der Waals surface area contributed by atoms with E-state index in [-0.39, 0.29) is 0 Å². The van der Waals surface area contributed by atoms with Crippen LogP contribution in [0.3, 0.4) is 0 Å². The summed E-state index contributed by atoms with van der Waals surface area (Å²) in [5, 5.41) is 4.26. The number of piperidine rings is 1. The highest BCUT2D eigenvalue weighted by molar-refractivity contribution is 7.89. The van der Waals surface area contributed by atoms with Crippen LogP contribution in [-0.2, 0) is 10.0 Å². The minimum absolute atomic E-state index is 0.291. The van der Waals surface area contributed by atoms with Crippen molar-refractivity contribution >= 4 is 10.0 Å². The fourth-order valence-corrected chi connectivity index (χ4v) is 4.49. The van der Waals surface area contributed by atoms with Gasteiger partial charge in [-0.1, -0.05) is 26.0 Å². The normalized spacial score (nSPS) is 17.7. The smallest absolute Gasteiger partial charge is 0.243 e. The minimum Gasteiger partial charge on any atom is -0.270 e. The van der Waals surface area contributed by atoms with Crippen molar-refractivity contribution in [3.05, 3.63) is 48.3 Å². The van der Waals surface area contributed by atoms with E-state index in [4.69, 9.17) is 0 Å². The van der Waals surface area contributed by atoms with Gasteiger partial charge in [-0.05, 0) is 42.5 Å². The van der Waals surface area contributed by atoms with Crippen molar-refractivity contribution in [2.75, 3.05) is 13.1 Å². The molecule has 0 aliphatic carbocycles. The minimum atomic E-state index is -3.39. The molecule has 5 nitrogen and oxygen atoms in total. The summed E-state index contributed by atoms with van der Waals surface area (Å²) in [6.45, 7) is 5.28. The predicted molar refractivity (Wildman–Crippen MR) is 89.8 cm³/mol. The summed E-state index contributed by atoms with van der Waals surface area (Å²) in [6.07, 6.45) is 5.30. The van der Waals surface area contributed by atoms with Gasteiger partial charge in [0.2, 0.25) is 10.0 Å². The Morgan fingerprint density at radius 3 is 2.30 bits per heavy atom. The molecule has 1 aromatic carbocycles. The van der Waals surface area contributed by atoms with Gasteiger partial charge in [-0.2, -0.15) is 9.40 Å². The Bertz CT molecular complexity index is 729. The van der Waals surface area contributed by atoms with Crippen molar-refractivity contribution in [1.82, 2.24) is 14.1 Å². The molecule has 1 aliphatic heterocycles. The maximum absolute atomic E-state index is 12.8. The van der Waals surface area contributed by atoms with Gasteiger partial charge in [-0.3, -0.25) is 4.68 Å². The van der Waals surface area contributed by atoms with Crippen molar-refractivity contribution in [3.63, 3.8) is 0 Å². The summed E-state index contributed by atoms with van der Waals surface area (Å²) in [4.78, 5) is 0.388. The lowest BCUT2D eigenvalue weighted by molar-refractivity contribution is 0.261. The van der Waals surface area contributed by atoms with Crippen molar-refractivity contribution in [2.45, 2.75) is 43.5 Å². The van der Waals surface area contributed by atoms with E-state index in [1.807, 2.05) is 29.1 Å². The van der Waals surface area contributed by atoms with Crippen molar-refractivity contribution < 1.29 is 8.42 Å². The molecule has 0 spiro atoms. The molecule has 0 unspecified atom stereocenters. The maximum atomic E-state index is 12.8. The molecular formula is C17H23N3O2S. The number of hydrogen-bond acceptors (Lipinski definition) is 3. The van der Waals surface area contributed by atoms with E-state index in [1.54, 1.807) is 22.6 Å². The van der Waals surface area contributed by atoms with Crippen LogP contribution in [0.4, 0.5) is 0 Å². The first kappa shape index (κ1) is 16.2. The molecule has 0 amide bonds. The molecule has 1 fully saturated rings. The first-order chi connectivity index (χ1) is 11.0. The molecular weight excluding hydrogens is 310 g/mol. The Morgan fingerprint density at radius 2 is 1.78 bits per heavy atom. The quantitative estimate of drug-likeness (QED) is 0.864. The lowest BCUT2D eigenvalue weighted by Gasteiger charge is -2.31. The summed E-state index contributed by atoms with van der Waals surface area (Å²) in [5.41, 5.74) is 1.15. The van der Waals surface area contributed by atoms with Gasteiger partial charge >= 0.3 is 0 Å². The zero-order valence-electron chi connectivity index (χ0n) is 13.6. The average Bonchev–Trinajstić information content (AvgIpc) is 3.09. The van der Waals surface area contributed by atoms with Crippen molar-refractivity contribution in [3.8, 4) is 0 Å². The van der Waals surface area contributed by atoms with Crippen LogP contribution in [0.5, 0.6) is 0 Å². The van der Waals surface area contributed by atoms with Gasteiger partial charge in [0.05, 0.1) is 10.9 Å². The molecule has 1 aromatic heterocycles. The zero-order valence-corrected chi connectivity index (χ0v) is 14.4. The Labute approximate surface area is 138 Å². The number of rotatable bonds is 4. The molecule has 0 radical (unpaired) electrons. The number of sulfonamides is 1. The highest BCUT2D eigenvalue weighted by Crippen LogP contribution is 2.27. The number of benzene rings is 1. The van der Waals surface area contributed by atoms with E-state index >= 15 is 0 Å². The molecule has 23 heavy (non-hydrogen) atoms. The van der Waals surface area contributed by atoms with Gasteiger partial charge < -0.3 is 0 Å². The SMILES string of the molecule is CC(C)c1ccc(S(=O)(=O)N2CCC(n3cccn3)CC2)cc1. The molecule has 2 aromatic rings. The lowest BCUT2D eigenvalue weighted by Crippen LogP contribution is -2.39.